The SMILES string of the molecule is O=C(COc1ccc(Cl)cc1)Nc1c2c(nn1-c1ccccc1)CSC2. The van der Waals surface area contributed by atoms with Crippen molar-refractivity contribution in [3.8, 4) is 11.4 Å². The molecular weight excluding hydrogens is 370 g/mol. The third-order valence-corrected chi connectivity index (χ3v) is 5.22. The molecule has 7 heteroatoms. The Hall–Kier alpha value is -2.44. The number of halogens is 1. The standard InChI is InChI=1S/C19H16ClN3O2S/c20-13-6-8-15(9-7-13)25-10-18(24)21-19-16-11-26-12-17(16)22-23(19)14-4-2-1-3-5-14/h1-9H,10-12H2,(H,21,24). The van der Waals surface area contributed by atoms with E-state index < -0.39 is 0 Å². The Balaban J connectivity index is 1.52. The van der Waals surface area contributed by atoms with Gasteiger partial charge in [-0.15, -0.1) is 0 Å². The van der Waals surface area contributed by atoms with Crippen molar-refractivity contribution in [1.29, 1.82) is 0 Å². The topological polar surface area (TPSA) is 56.1 Å². The lowest BCUT2D eigenvalue weighted by atomic mass is 10.2. The lowest BCUT2D eigenvalue weighted by Gasteiger charge is -2.11. The number of carbonyl (C=O) groups is 1. The van der Waals surface area contributed by atoms with Gasteiger partial charge in [-0.05, 0) is 36.4 Å². The van der Waals surface area contributed by atoms with Gasteiger partial charge in [0, 0.05) is 22.1 Å². The van der Waals surface area contributed by atoms with Gasteiger partial charge in [0.05, 0.1) is 11.4 Å². The van der Waals surface area contributed by atoms with E-state index in [-0.39, 0.29) is 12.5 Å². The predicted molar refractivity (Wildman–Crippen MR) is 104 cm³/mol. The van der Waals surface area contributed by atoms with Gasteiger partial charge >= 0.3 is 0 Å². The van der Waals surface area contributed by atoms with Crippen LogP contribution in [0.5, 0.6) is 5.75 Å². The minimum Gasteiger partial charge on any atom is -0.484 e. The van der Waals surface area contributed by atoms with Gasteiger partial charge in [-0.25, -0.2) is 4.68 Å². The molecule has 0 saturated carbocycles. The molecule has 1 aliphatic rings. The Bertz CT molecular complexity index is 926. The molecule has 0 saturated heterocycles. The Morgan fingerprint density at radius 2 is 1.92 bits per heavy atom. The number of hydrogen-bond donors (Lipinski definition) is 1. The highest BCUT2D eigenvalue weighted by atomic mass is 35.5. The predicted octanol–water partition coefficient (Wildman–Crippen LogP) is 4.29. The molecule has 1 N–H and O–H groups in total. The van der Waals surface area contributed by atoms with Crippen LogP contribution in [-0.2, 0) is 16.3 Å². The van der Waals surface area contributed by atoms with Gasteiger partial charge < -0.3 is 10.1 Å². The van der Waals surface area contributed by atoms with E-state index in [1.807, 2.05) is 30.3 Å². The van der Waals surface area contributed by atoms with Crippen molar-refractivity contribution in [1.82, 2.24) is 9.78 Å². The van der Waals surface area contributed by atoms with Crippen LogP contribution in [0.1, 0.15) is 11.3 Å². The average Bonchev–Trinajstić information content (AvgIpc) is 3.25. The molecular formula is C19H16ClN3O2S. The monoisotopic (exact) mass is 385 g/mol. The van der Waals surface area contributed by atoms with Crippen LogP contribution in [0, 0.1) is 0 Å². The van der Waals surface area contributed by atoms with Crippen LogP contribution in [0.4, 0.5) is 5.82 Å². The molecule has 0 aliphatic carbocycles. The average molecular weight is 386 g/mol. The van der Waals surface area contributed by atoms with Gasteiger partial charge in [-0.1, -0.05) is 29.8 Å². The first-order valence-corrected chi connectivity index (χ1v) is 9.66. The summed E-state index contributed by atoms with van der Waals surface area (Å²) in [5.41, 5.74) is 3.02. The summed E-state index contributed by atoms with van der Waals surface area (Å²) in [4.78, 5) is 12.4. The maximum atomic E-state index is 12.4. The molecule has 0 radical (unpaired) electrons. The van der Waals surface area contributed by atoms with Gasteiger partial charge in [-0.2, -0.15) is 16.9 Å². The zero-order valence-corrected chi connectivity index (χ0v) is 15.4. The van der Waals surface area contributed by atoms with Crippen molar-refractivity contribution in [2.75, 3.05) is 11.9 Å². The highest BCUT2D eigenvalue weighted by Gasteiger charge is 2.24. The van der Waals surface area contributed by atoms with Crippen LogP contribution in [-0.4, -0.2) is 22.3 Å². The number of ether oxygens (including phenoxy) is 1. The number of fused-ring (bicyclic) bond motifs is 1. The van der Waals surface area contributed by atoms with Crippen LogP contribution >= 0.6 is 23.4 Å². The summed E-state index contributed by atoms with van der Waals surface area (Å²) < 4.78 is 7.33. The van der Waals surface area contributed by atoms with Crippen molar-refractivity contribution in [2.24, 2.45) is 0 Å². The minimum atomic E-state index is -0.225. The van der Waals surface area contributed by atoms with Gasteiger partial charge in [0.2, 0.25) is 0 Å². The van der Waals surface area contributed by atoms with E-state index >= 15 is 0 Å². The molecule has 0 atom stereocenters. The molecule has 0 bridgehead atoms. The Morgan fingerprint density at radius 3 is 2.69 bits per heavy atom. The second-order valence-corrected chi connectivity index (χ2v) is 7.23. The highest BCUT2D eigenvalue weighted by molar-refractivity contribution is 7.98. The molecule has 1 aromatic heterocycles. The quantitative estimate of drug-likeness (QED) is 0.711. The summed E-state index contributed by atoms with van der Waals surface area (Å²) in [7, 11) is 0. The Kier molecular flexibility index (Phi) is 4.86. The van der Waals surface area contributed by atoms with Crippen molar-refractivity contribution < 1.29 is 9.53 Å². The summed E-state index contributed by atoms with van der Waals surface area (Å²) in [6.07, 6.45) is 0. The second-order valence-electron chi connectivity index (χ2n) is 5.80. The number of nitrogens with one attached hydrogen (secondary N) is 1. The zero-order valence-electron chi connectivity index (χ0n) is 13.8. The number of rotatable bonds is 5. The zero-order chi connectivity index (χ0) is 17.9. The molecule has 0 spiro atoms. The molecule has 132 valence electrons. The van der Waals surface area contributed by atoms with E-state index in [2.05, 4.69) is 10.4 Å². The number of aromatic nitrogens is 2. The summed E-state index contributed by atoms with van der Waals surface area (Å²) in [5, 5.41) is 8.26. The summed E-state index contributed by atoms with van der Waals surface area (Å²) in [6, 6.07) is 16.7. The number of thioether (sulfide) groups is 1. The number of hydrogen-bond acceptors (Lipinski definition) is 4. The fourth-order valence-corrected chi connectivity index (χ4v) is 3.91. The minimum absolute atomic E-state index is 0.0798. The Morgan fingerprint density at radius 1 is 1.15 bits per heavy atom. The van der Waals surface area contributed by atoms with Crippen molar-refractivity contribution >= 4 is 35.1 Å². The number of para-hydroxylation sites is 1. The van der Waals surface area contributed by atoms with Gasteiger partial charge in [0.1, 0.15) is 11.6 Å². The summed E-state index contributed by atoms with van der Waals surface area (Å²) in [5.74, 6) is 2.80. The third-order valence-electron chi connectivity index (χ3n) is 3.99. The Labute approximate surface area is 160 Å². The first-order valence-electron chi connectivity index (χ1n) is 8.13. The first kappa shape index (κ1) is 17.0. The first-order chi connectivity index (χ1) is 12.7. The van der Waals surface area contributed by atoms with Crippen LogP contribution in [0.25, 0.3) is 5.69 Å². The molecule has 1 aliphatic heterocycles. The molecule has 2 aromatic carbocycles. The molecule has 4 rings (SSSR count). The molecule has 0 unspecified atom stereocenters. The van der Waals surface area contributed by atoms with E-state index in [1.165, 1.54) is 0 Å². The van der Waals surface area contributed by atoms with Crippen LogP contribution in [0.3, 0.4) is 0 Å². The molecule has 1 amide bonds. The highest BCUT2D eigenvalue weighted by Crippen LogP contribution is 2.36. The van der Waals surface area contributed by atoms with Gasteiger partial charge in [-0.3, -0.25) is 4.79 Å². The van der Waals surface area contributed by atoms with Gasteiger partial charge in [0.25, 0.3) is 5.91 Å². The number of benzene rings is 2. The molecule has 0 fully saturated rings. The van der Waals surface area contributed by atoms with Crippen LogP contribution in [0.2, 0.25) is 5.02 Å². The maximum absolute atomic E-state index is 12.4. The summed E-state index contributed by atoms with van der Waals surface area (Å²) >= 11 is 7.65. The van der Waals surface area contributed by atoms with E-state index in [1.54, 1.807) is 40.7 Å². The molecule has 26 heavy (non-hydrogen) atoms. The van der Waals surface area contributed by atoms with Crippen LogP contribution in [0.15, 0.2) is 54.6 Å². The molecule has 2 heterocycles. The number of amides is 1. The van der Waals surface area contributed by atoms with Crippen LogP contribution < -0.4 is 10.1 Å². The van der Waals surface area contributed by atoms with E-state index in [4.69, 9.17) is 16.3 Å². The maximum Gasteiger partial charge on any atom is 0.263 e. The number of carbonyl (C=O) groups excluding carboxylic acids is 1. The lowest BCUT2D eigenvalue weighted by Crippen LogP contribution is -2.22. The number of anilines is 1. The second kappa shape index (κ2) is 7.43. The fraction of sp³-hybridized carbons (Fsp3) is 0.158. The van der Waals surface area contributed by atoms with Crippen molar-refractivity contribution in [3.63, 3.8) is 0 Å². The normalized spacial score (nSPS) is 12.7. The van der Waals surface area contributed by atoms with Crippen molar-refractivity contribution in [3.05, 3.63) is 70.9 Å². The number of nitrogens with zero attached hydrogens (tertiary/aromatic N) is 2. The van der Waals surface area contributed by atoms with E-state index in [9.17, 15) is 4.79 Å². The van der Waals surface area contributed by atoms with E-state index in [0.29, 0.717) is 10.8 Å². The molecule has 3 aromatic rings. The largest absolute Gasteiger partial charge is 0.484 e. The summed E-state index contributed by atoms with van der Waals surface area (Å²) in [6.45, 7) is -0.0798. The molecule has 5 nitrogen and oxygen atoms in total. The van der Waals surface area contributed by atoms with E-state index in [0.717, 1.165) is 34.3 Å². The van der Waals surface area contributed by atoms with Gasteiger partial charge in [0.15, 0.2) is 6.61 Å². The lowest BCUT2D eigenvalue weighted by molar-refractivity contribution is -0.118. The smallest absolute Gasteiger partial charge is 0.263 e. The third kappa shape index (κ3) is 3.57. The fourth-order valence-electron chi connectivity index (χ4n) is 2.75. The van der Waals surface area contributed by atoms with Crippen molar-refractivity contribution in [2.45, 2.75) is 11.5 Å².